The molecule has 29 heavy (non-hydrogen) atoms. The van der Waals surface area contributed by atoms with E-state index in [2.05, 4.69) is 20.7 Å². The molecule has 0 saturated heterocycles. The van der Waals surface area contributed by atoms with Gasteiger partial charge >= 0.3 is 0 Å². The minimum absolute atomic E-state index is 0.198. The third-order valence-electron chi connectivity index (χ3n) is 4.23. The number of tetrazole rings is 1. The second-order valence-electron chi connectivity index (χ2n) is 6.15. The van der Waals surface area contributed by atoms with Crippen LogP contribution >= 0.6 is 11.6 Å². The van der Waals surface area contributed by atoms with Gasteiger partial charge in [0, 0.05) is 10.6 Å². The molecule has 2 aromatic carbocycles. The second-order valence-corrected chi connectivity index (χ2v) is 6.59. The van der Waals surface area contributed by atoms with Gasteiger partial charge in [-0.05, 0) is 48.0 Å². The molecule has 152 valence electrons. The summed E-state index contributed by atoms with van der Waals surface area (Å²) in [5.74, 6) is 1.51. The molecule has 0 bridgehead atoms. The number of hydrogen-bond acceptors (Lipinski definition) is 6. The topological polar surface area (TPSA) is 91.2 Å². The number of ether oxygens (including phenoxy) is 2. The van der Waals surface area contributed by atoms with Crippen molar-refractivity contribution in [1.29, 1.82) is 0 Å². The highest BCUT2D eigenvalue weighted by molar-refractivity contribution is 6.30. The second kappa shape index (κ2) is 9.88. The molecule has 1 unspecified atom stereocenters. The van der Waals surface area contributed by atoms with Crippen LogP contribution in [-0.2, 0) is 4.79 Å². The van der Waals surface area contributed by atoms with Gasteiger partial charge in [0.2, 0.25) is 11.7 Å². The monoisotopic (exact) mass is 415 g/mol. The predicted octanol–water partition coefficient (Wildman–Crippen LogP) is 3.15. The maximum Gasteiger partial charge on any atom is 0.246 e. The first-order valence-electron chi connectivity index (χ1n) is 9.21. The van der Waals surface area contributed by atoms with E-state index in [0.29, 0.717) is 41.9 Å². The van der Waals surface area contributed by atoms with E-state index in [4.69, 9.17) is 21.1 Å². The van der Waals surface area contributed by atoms with Crippen LogP contribution in [0.3, 0.4) is 0 Å². The van der Waals surface area contributed by atoms with Crippen LogP contribution in [0.2, 0.25) is 5.02 Å². The van der Waals surface area contributed by atoms with Gasteiger partial charge in [0.15, 0.2) is 17.5 Å². The van der Waals surface area contributed by atoms with Crippen LogP contribution < -0.4 is 14.8 Å². The highest BCUT2D eigenvalue weighted by Gasteiger charge is 2.21. The Labute approximate surface area is 173 Å². The first-order valence-corrected chi connectivity index (χ1v) is 9.59. The molecule has 3 aromatic rings. The van der Waals surface area contributed by atoms with Crippen molar-refractivity contribution in [2.45, 2.75) is 19.4 Å². The van der Waals surface area contributed by atoms with E-state index >= 15 is 0 Å². The van der Waals surface area contributed by atoms with Crippen molar-refractivity contribution < 1.29 is 14.3 Å². The van der Waals surface area contributed by atoms with Crippen molar-refractivity contribution in [2.24, 2.45) is 0 Å². The maximum absolute atomic E-state index is 12.6. The van der Waals surface area contributed by atoms with Gasteiger partial charge < -0.3 is 14.8 Å². The molecule has 0 spiro atoms. The number of carbonyl (C=O) groups is 1. The normalized spacial score (nSPS) is 11.7. The van der Waals surface area contributed by atoms with E-state index in [1.54, 1.807) is 31.4 Å². The molecule has 0 radical (unpaired) electrons. The predicted molar refractivity (Wildman–Crippen MR) is 109 cm³/mol. The zero-order chi connectivity index (χ0) is 20.6. The molecule has 1 N–H and O–H groups in total. The molecule has 1 heterocycles. The fourth-order valence-corrected chi connectivity index (χ4v) is 2.84. The number of rotatable bonds is 9. The summed E-state index contributed by atoms with van der Waals surface area (Å²) in [5, 5.41) is 15.9. The number of nitrogens with zero attached hydrogens (tertiary/aromatic N) is 4. The number of para-hydroxylation sites is 2. The Morgan fingerprint density at radius 1 is 1.17 bits per heavy atom. The van der Waals surface area contributed by atoms with E-state index in [9.17, 15) is 4.79 Å². The molecule has 9 heteroatoms. The van der Waals surface area contributed by atoms with Gasteiger partial charge in [0.1, 0.15) is 6.61 Å². The molecule has 0 fully saturated rings. The SMILES string of the molecule is CCC(C(=O)NCCOc1ccccc1OC)n1nnc(-c2ccc(Cl)cc2)n1. The lowest BCUT2D eigenvalue weighted by atomic mass is 10.2. The standard InChI is InChI=1S/C20H22ClN5O3/c1-3-16(26-24-19(23-25-26)14-8-10-15(21)11-9-14)20(27)22-12-13-29-18-7-5-4-6-17(18)28-2/h4-11,16H,3,12-13H2,1-2H3,(H,22,27). The summed E-state index contributed by atoms with van der Waals surface area (Å²) in [4.78, 5) is 13.9. The summed E-state index contributed by atoms with van der Waals surface area (Å²) in [6.07, 6.45) is 0.523. The number of methoxy groups -OCH3 is 1. The van der Waals surface area contributed by atoms with Crippen LogP contribution in [0.15, 0.2) is 48.5 Å². The number of hydrogen-bond donors (Lipinski definition) is 1. The van der Waals surface area contributed by atoms with Crippen LogP contribution in [0.5, 0.6) is 11.5 Å². The number of carbonyl (C=O) groups excluding carboxylic acids is 1. The van der Waals surface area contributed by atoms with Crippen LogP contribution in [0.1, 0.15) is 19.4 Å². The molecule has 8 nitrogen and oxygen atoms in total. The number of nitrogens with one attached hydrogen (secondary N) is 1. The summed E-state index contributed by atoms with van der Waals surface area (Å²) in [5.41, 5.74) is 0.779. The summed E-state index contributed by atoms with van der Waals surface area (Å²) in [7, 11) is 1.58. The van der Waals surface area contributed by atoms with Crippen molar-refractivity contribution in [3.63, 3.8) is 0 Å². The number of halogens is 1. The van der Waals surface area contributed by atoms with Gasteiger partial charge in [-0.1, -0.05) is 30.7 Å². The van der Waals surface area contributed by atoms with Crippen LogP contribution in [0.4, 0.5) is 0 Å². The van der Waals surface area contributed by atoms with E-state index in [1.807, 2.05) is 31.2 Å². The smallest absolute Gasteiger partial charge is 0.246 e. The van der Waals surface area contributed by atoms with E-state index in [-0.39, 0.29) is 5.91 Å². The molecular weight excluding hydrogens is 394 g/mol. The molecule has 1 amide bonds. The van der Waals surface area contributed by atoms with Crippen molar-refractivity contribution in [1.82, 2.24) is 25.5 Å². The molecule has 3 rings (SSSR count). The van der Waals surface area contributed by atoms with E-state index in [0.717, 1.165) is 5.56 Å². The molecule has 0 saturated carbocycles. The van der Waals surface area contributed by atoms with Crippen LogP contribution in [-0.4, -0.2) is 46.4 Å². The fraction of sp³-hybridized carbons (Fsp3) is 0.300. The van der Waals surface area contributed by atoms with Gasteiger partial charge in [-0.3, -0.25) is 4.79 Å². The van der Waals surface area contributed by atoms with E-state index in [1.165, 1.54) is 4.80 Å². The lowest BCUT2D eigenvalue weighted by Gasteiger charge is -2.14. The summed E-state index contributed by atoms with van der Waals surface area (Å²) >= 11 is 5.90. The molecular formula is C20H22ClN5O3. The minimum atomic E-state index is -0.560. The highest BCUT2D eigenvalue weighted by Crippen LogP contribution is 2.25. The van der Waals surface area contributed by atoms with Gasteiger partial charge in [-0.2, -0.15) is 4.80 Å². The zero-order valence-electron chi connectivity index (χ0n) is 16.2. The summed E-state index contributed by atoms with van der Waals surface area (Å²) < 4.78 is 10.9. The van der Waals surface area contributed by atoms with Gasteiger partial charge in [0.05, 0.1) is 13.7 Å². The average molecular weight is 416 g/mol. The fourth-order valence-electron chi connectivity index (χ4n) is 2.72. The Morgan fingerprint density at radius 2 is 1.90 bits per heavy atom. The Hall–Kier alpha value is -3.13. The summed E-state index contributed by atoms with van der Waals surface area (Å²) in [6, 6.07) is 13.9. The maximum atomic E-state index is 12.6. The van der Waals surface area contributed by atoms with Crippen molar-refractivity contribution in [3.8, 4) is 22.9 Å². The quantitative estimate of drug-likeness (QED) is 0.540. The summed E-state index contributed by atoms with van der Waals surface area (Å²) in [6.45, 7) is 2.54. The van der Waals surface area contributed by atoms with Gasteiger partial charge in [-0.25, -0.2) is 0 Å². The molecule has 0 aliphatic rings. The number of aromatic nitrogens is 4. The Morgan fingerprint density at radius 3 is 2.59 bits per heavy atom. The number of benzene rings is 2. The average Bonchev–Trinajstić information content (AvgIpc) is 3.22. The third-order valence-corrected chi connectivity index (χ3v) is 4.48. The Kier molecular flexibility index (Phi) is 7.02. The Bertz CT molecular complexity index is 945. The highest BCUT2D eigenvalue weighted by atomic mass is 35.5. The molecule has 1 atom stereocenters. The van der Waals surface area contributed by atoms with Crippen LogP contribution in [0.25, 0.3) is 11.4 Å². The molecule has 1 aromatic heterocycles. The third kappa shape index (κ3) is 5.23. The van der Waals surface area contributed by atoms with E-state index < -0.39 is 6.04 Å². The van der Waals surface area contributed by atoms with Crippen molar-refractivity contribution >= 4 is 17.5 Å². The minimum Gasteiger partial charge on any atom is -0.493 e. The van der Waals surface area contributed by atoms with Gasteiger partial charge in [-0.15, -0.1) is 10.2 Å². The molecule has 0 aliphatic carbocycles. The van der Waals surface area contributed by atoms with Gasteiger partial charge in [0.25, 0.3) is 0 Å². The zero-order valence-corrected chi connectivity index (χ0v) is 17.0. The lowest BCUT2D eigenvalue weighted by molar-refractivity contribution is -0.125. The van der Waals surface area contributed by atoms with Crippen LogP contribution in [0, 0.1) is 0 Å². The molecule has 0 aliphatic heterocycles. The largest absolute Gasteiger partial charge is 0.493 e. The Balaban J connectivity index is 1.56. The number of amides is 1. The lowest BCUT2D eigenvalue weighted by Crippen LogP contribution is -2.35. The first kappa shape index (κ1) is 20.6. The first-order chi connectivity index (χ1) is 14.1. The van der Waals surface area contributed by atoms with Crippen molar-refractivity contribution in [3.05, 3.63) is 53.6 Å². The van der Waals surface area contributed by atoms with Crippen molar-refractivity contribution in [2.75, 3.05) is 20.3 Å².